The van der Waals surface area contributed by atoms with Crippen LogP contribution in [0.1, 0.15) is 22.8 Å². The van der Waals surface area contributed by atoms with Gasteiger partial charge in [-0.3, -0.25) is 4.98 Å². The highest BCUT2D eigenvalue weighted by Crippen LogP contribution is 2.18. The molecule has 0 saturated carbocycles. The van der Waals surface area contributed by atoms with Crippen LogP contribution in [0, 0.1) is 0 Å². The molecule has 0 unspecified atom stereocenters. The SMILES string of the molecule is CCOC(=O)c1cnccc1OC[C@H](N)Cc1ccccc1. The van der Waals surface area contributed by atoms with E-state index in [1.165, 1.54) is 6.20 Å². The minimum absolute atomic E-state index is 0.161. The van der Waals surface area contributed by atoms with Gasteiger partial charge in [-0.1, -0.05) is 30.3 Å². The topological polar surface area (TPSA) is 74.4 Å². The van der Waals surface area contributed by atoms with Crippen molar-refractivity contribution in [2.45, 2.75) is 19.4 Å². The first kappa shape index (κ1) is 16.0. The van der Waals surface area contributed by atoms with Crippen LogP contribution in [-0.4, -0.2) is 30.2 Å². The summed E-state index contributed by atoms with van der Waals surface area (Å²) >= 11 is 0. The first-order chi connectivity index (χ1) is 10.7. The lowest BCUT2D eigenvalue weighted by atomic mass is 10.1. The second kappa shape index (κ2) is 8.14. The van der Waals surface area contributed by atoms with E-state index in [-0.39, 0.29) is 6.04 Å². The van der Waals surface area contributed by atoms with E-state index in [0.717, 1.165) is 5.56 Å². The van der Waals surface area contributed by atoms with E-state index < -0.39 is 5.97 Å². The van der Waals surface area contributed by atoms with Crippen LogP contribution in [0.2, 0.25) is 0 Å². The van der Waals surface area contributed by atoms with Gasteiger partial charge in [0.2, 0.25) is 0 Å². The van der Waals surface area contributed by atoms with E-state index >= 15 is 0 Å². The van der Waals surface area contributed by atoms with Crippen molar-refractivity contribution in [3.63, 3.8) is 0 Å². The summed E-state index contributed by atoms with van der Waals surface area (Å²) in [4.78, 5) is 15.8. The van der Waals surface area contributed by atoms with E-state index in [4.69, 9.17) is 15.2 Å². The monoisotopic (exact) mass is 300 g/mol. The van der Waals surface area contributed by atoms with Gasteiger partial charge in [-0.2, -0.15) is 0 Å². The lowest BCUT2D eigenvalue weighted by Gasteiger charge is -2.15. The average molecular weight is 300 g/mol. The van der Waals surface area contributed by atoms with Crippen molar-refractivity contribution < 1.29 is 14.3 Å². The molecule has 116 valence electrons. The third-order valence-corrected chi connectivity index (χ3v) is 3.07. The number of carbonyl (C=O) groups is 1. The van der Waals surface area contributed by atoms with Crippen LogP contribution in [0.3, 0.4) is 0 Å². The molecular weight excluding hydrogens is 280 g/mol. The summed E-state index contributed by atoms with van der Waals surface area (Å²) in [6.07, 6.45) is 3.72. The molecule has 0 aliphatic rings. The molecule has 1 aromatic carbocycles. The minimum Gasteiger partial charge on any atom is -0.491 e. The number of rotatable bonds is 7. The molecule has 0 radical (unpaired) electrons. The number of nitrogens with zero attached hydrogens (tertiary/aromatic N) is 1. The van der Waals surface area contributed by atoms with Crippen molar-refractivity contribution in [1.82, 2.24) is 4.98 Å². The molecular formula is C17H20N2O3. The third-order valence-electron chi connectivity index (χ3n) is 3.07. The number of benzene rings is 1. The number of nitrogens with two attached hydrogens (primary N) is 1. The summed E-state index contributed by atoms with van der Waals surface area (Å²) < 4.78 is 10.7. The van der Waals surface area contributed by atoms with E-state index in [0.29, 0.717) is 30.9 Å². The Labute approximate surface area is 130 Å². The predicted octanol–water partition coefficient (Wildman–Crippen LogP) is 2.21. The van der Waals surface area contributed by atoms with E-state index in [1.807, 2.05) is 30.3 Å². The van der Waals surface area contributed by atoms with Gasteiger partial charge in [0.15, 0.2) is 0 Å². The summed E-state index contributed by atoms with van der Waals surface area (Å²) in [5.41, 5.74) is 7.55. The quantitative estimate of drug-likeness (QED) is 0.794. The zero-order valence-electron chi connectivity index (χ0n) is 12.6. The zero-order valence-corrected chi connectivity index (χ0v) is 12.6. The Hall–Kier alpha value is -2.40. The molecule has 0 saturated heterocycles. The maximum absolute atomic E-state index is 11.8. The Balaban J connectivity index is 1.95. The van der Waals surface area contributed by atoms with E-state index in [2.05, 4.69) is 4.98 Å². The molecule has 0 spiro atoms. The lowest BCUT2D eigenvalue weighted by molar-refractivity contribution is 0.0520. The number of hydrogen-bond acceptors (Lipinski definition) is 5. The summed E-state index contributed by atoms with van der Waals surface area (Å²) in [6, 6.07) is 11.4. The van der Waals surface area contributed by atoms with Crippen molar-refractivity contribution in [3.8, 4) is 5.75 Å². The van der Waals surface area contributed by atoms with Crippen molar-refractivity contribution >= 4 is 5.97 Å². The zero-order chi connectivity index (χ0) is 15.8. The maximum Gasteiger partial charge on any atom is 0.343 e. The molecule has 2 rings (SSSR count). The van der Waals surface area contributed by atoms with Crippen molar-refractivity contribution in [1.29, 1.82) is 0 Å². The van der Waals surface area contributed by atoms with Crippen molar-refractivity contribution in [2.24, 2.45) is 5.73 Å². The Morgan fingerprint density at radius 3 is 2.77 bits per heavy atom. The molecule has 5 heteroatoms. The summed E-state index contributed by atoms with van der Waals surface area (Å²) in [7, 11) is 0. The van der Waals surface area contributed by atoms with Crippen LogP contribution in [0.5, 0.6) is 5.75 Å². The van der Waals surface area contributed by atoms with Gasteiger partial charge in [0, 0.05) is 18.4 Å². The van der Waals surface area contributed by atoms with Gasteiger partial charge in [0.1, 0.15) is 17.9 Å². The molecule has 2 N–H and O–H groups in total. The molecule has 5 nitrogen and oxygen atoms in total. The van der Waals surface area contributed by atoms with E-state index in [9.17, 15) is 4.79 Å². The molecule has 0 aliphatic heterocycles. The second-order valence-electron chi connectivity index (χ2n) is 4.85. The number of pyridine rings is 1. The van der Waals surface area contributed by atoms with Gasteiger partial charge in [-0.05, 0) is 25.0 Å². The summed E-state index contributed by atoms with van der Waals surface area (Å²) in [6.45, 7) is 2.37. The smallest absolute Gasteiger partial charge is 0.343 e. The molecule has 0 fully saturated rings. The van der Waals surface area contributed by atoms with Gasteiger partial charge >= 0.3 is 5.97 Å². The fraction of sp³-hybridized carbons (Fsp3) is 0.294. The molecule has 2 aromatic rings. The average Bonchev–Trinajstić information content (AvgIpc) is 2.54. The normalized spacial score (nSPS) is 11.7. The number of carbonyl (C=O) groups excluding carboxylic acids is 1. The molecule has 1 heterocycles. The van der Waals surface area contributed by atoms with Crippen LogP contribution in [0.25, 0.3) is 0 Å². The highest BCUT2D eigenvalue weighted by molar-refractivity contribution is 5.92. The van der Waals surface area contributed by atoms with Gasteiger partial charge in [-0.15, -0.1) is 0 Å². The molecule has 1 aromatic heterocycles. The fourth-order valence-corrected chi connectivity index (χ4v) is 2.04. The third kappa shape index (κ3) is 4.56. The highest BCUT2D eigenvalue weighted by Gasteiger charge is 2.15. The van der Waals surface area contributed by atoms with Crippen LogP contribution in [0.15, 0.2) is 48.8 Å². The minimum atomic E-state index is -0.442. The molecule has 1 atom stereocenters. The molecule has 0 bridgehead atoms. The van der Waals surface area contributed by atoms with Crippen molar-refractivity contribution in [3.05, 3.63) is 59.9 Å². The Morgan fingerprint density at radius 2 is 2.05 bits per heavy atom. The van der Waals surface area contributed by atoms with Crippen molar-refractivity contribution in [2.75, 3.05) is 13.2 Å². The first-order valence-electron chi connectivity index (χ1n) is 7.24. The maximum atomic E-state index is 11.8. The van der Waals surface area contributed by atoms with Gasteiger partial charge < -0.3 is 15.2 Å². The second-order valence-corrected chi connectivity index (χ2v) is 4.85. The highest BCUT2D eigenvalue weighted by atomic mass is 16.5. The van der Waals surface area contributed by atoms with Crippen LogP contribution >= 0.6 is 0 Å². The fourth-order valence-electron chi connectivity index (χ4n) is 2.04. The number of ether oxygens (including phenoxy) is 2. The van der Waals surface area contributed by atoms with Gasteiger partial charge in [0.25, 0.3) is 0 Å². The van der Waals surface area contributed by atoms with Gasteiger partial charge in [-0.25, -0.2) is 4.79 Å². The summed E-state index contributed by atoms with van der Waals surface area (Å²) in [5, 5.41) is 0. The molecule has 0 aliphatic carbocycles. The number of esters is 1. The Morgan fingerprint density at radius 1 is 1.27 bits per heavy atom. The molecule has 22 heavy (non-hydrogen) atoms. The Bertz CT molecular complexity index is 602. The van der Waals surface area contributed by atoms with E-state index in [1.54, 1.807) is 19.2 Å². The Kier molecular flexibility index (Phi) is 5.91. The lowest BCUT2D eigenvalue weighted by Crippen LogP contribution is -2.30. The van der Waals surface area contributed by atoms with Crippen LogP contribution in [0.4, 0.5) is 0 Å². The number of hydrogen-bond donors (Lipinski definition) is 1. The van der Waals surface area contributed by atoms with Crippen LogP contribution in [-0.2, 0) is 11.2 Å². The van der Waals surface area contributed by atoms with Crippen LogP contribution < -0.4 is 10.5 Å². The largest absolute Gasteiger partial charge is 0.491 e. The number of aromatic nitrogens is 1. The summed E-state index contributed by atoms with van der Waals surface area (Å²) in [5.74, 6) is -0.000748. The van der Waals surface area contributed by atoms with Gasteiger partial charge in [0.05, 0.1) is 6.61 Å². The predicted molar refractivity (Wildman–Crippen MR) is 83.8 cm³/mol. The molecule has 0 amide bonds. The standard InChI is InChI=1S/C17H20N2O3/c1-2-21-17(20)15-11-19-9-8-16(15)22-12-14(18)10-13-6-4-3-5-7-13/h3-9,11,14H,2,10,12,18H2,1H3/t14-/m1/s1. The first-order valence-corrected chi connectivity index (χ1v) is 7.24.